The topological polar surface area (TPSA) is 93.8 Å². The summed E-state index contributed by atoms with van der Waals surface area (Å²) in [6.45, 7) is 2.33. The summed E-state index contributed by atoms with van der Waals surface area (Å²) in [5.74, 6) is 2.98. The summed E-state index contributed by atoms with van der Waals surface area (Å²) in [6.07, 6.45) is 17.6. The molecule has 1 amide bonds. The summed E-state index contributed by atoms with van der Waals surface area (Å²) in [6, 6.07) is 9.43. The average molecular weight is 502 g/mol. The number of aromatic nitrogens is 4. The molecule has 0 aliphatic heterocycles. The van der Waals surface area contributed by atoms with Crippen molar-refractivity contribution in [1.82, 2.24) is 20.1 Å². The van der Waals surface area contributed by atoms with Crippen molar-refractivity contribution in [2.75, 3.05) is 5.32 Å². The summed E-state index contributed by atoms with van der Waals surface area (Å²) < 4.78 is 5.62. The third kappa shape index (κ3) is 6.82. The number of carbonyl (C=O) groups is 1. The van der Waals surface area contributed by atoms with Crippen LogP contribution in [0.1, 0.15) is 124 Å². The van der Waals surface area contributed by atoms with Crippen molar-refractivity contribution in [2.24, 2.45) is 5.92 Å². The fraction of sp³-hybridized carbons (Fsp3) is 0.567. The number of pyridine rings is 2. The van der Waals surface area contributed by atoms with Crippen LogP contribution in [0.25, 0.3) is 11.4 Å². The van der Waals surface area contributed by atoms with Crippen LogP contribution >= 0.6 is 0 Å². The molecule has 3 aromatic heterocycles. The Morgan fingerprint density at radius 1 is 0.865 bits per heavy atom. The van der Waals surface area contributed by atoms with Gasteiger partial charge in [0.2, 0.25) is 11.7 Å². The lowest BCUT2D eigenvalue weighted by atomic mass is 9.83. The molecule has 2 atom stereocenters. The van der Waals surface area contributed by atoms with Crippen molar-refractivity contribution >= 4 is 11.7 Å². The second-order valence-corrected chi connectivity index (χ2v) is 11.0. The molecule has 0 radical (unpaired) electrons. The van der Waals surface area contributed by atoms with Gasteiger partial charge in [0.05, 0.1) is 0 Å². The Morgan fingerprint density at radius 2 is 1.59 bits per heavy atom. The van der Waals surface area contributed by atoms with Gasteiger partial charge in [-0.25, -0.2) is 9.97 Å². The van der Waals surface area contributed by atoms with Crippen LogP contribution in [0.2, 0.25) is 0 Å². The van der Waals surface area contributed by atoms with Crippen molar-refractivity contribution in [2.45, 2.75) is 102 Å². The lowest BCUT2D eigenvalue weighted by Crippen LogP contribution is -2.17. The lowest BCUT2D eigenvalue weighted by Gasteiger charge is -2.24. The van der Waals surface area contributed by atoms with Crippen molar-refractivity contribution in [1.29, 1.82) is 0 Å². The number of anilines is 1. The first kappa shape index (κ1) is 25.6. The van der Waals surface area contributed by atoms with Crippen LogP contribution < -0.4 is 5.32 Å². The highest BCUT2D eigenvalue weighted by Gasteiger charge is 2.22. The molecule has 2 fully saturated rings. The molecule has 196 valence electrons. The zero-order chi connectivity index (χ0) is 25.5. The smallest absolute Gasteiger partial charge is 0.275 e. The third-order valence-electron chi connectivity index (χ3n) is 8.02. The normalized spacial score (nSPS) is 21.9. The van der Waals surface area contributed by atoms with Crippen LogP contribution in [-0.4, -0.2) is 26.0 Å². The van der Waals surface area contributed by atoms with E-state index in [9.17, 15) is 4.79 Å². The van der Waals surface area contributed by atoms with Crippen molar-refractivity contribution in [3.8, 4) is 11.4 Å². The third-order valence-corrected chi connectivity index (χ3v) is 8.02. The predicted octanol–water partition coefficient (Wildman–Crippen LogP) is 7.68. The van der Waals surface area contributed by atoms with Crippen LogP contribution in [0.4, 0.5) is 5.82 Å². The van der Waals surface area contributed by atoms with Gasteiger partial charge in [-0.05, 0) is 55.9 Å². The minimum atomic E-state index is -0.243. The molecule has 2 saturated carbocycles. The first-order chi connectivity index (χ1) is 18.2. The molecule has 2 aliphatic carbocycles. The Morgan fingerprint density at radius 3 is 2.38 bits per heavy atom. The Bertz CT molecular complexity index is 1150. The maximum Gasteiger partial charge on any atom is 0.275 e. The fourth-order valence-electron chi connectivity index (χ4n) is 5.86. The maximum atomic E-state index is 13.0. The largest absolute Gasteiger partial charge is 0.339 e. The number of amides is 1. The number of hydrogen-bond acceptors (Lipinski definition) is 6. The molecular weight excluding hydrogens is 462 g/mol. The molecule has 0 spiro atoms. The number of carbonyl (C=O) groups excluding carboxylic acids is 1. The Labute approximate surface area is 219 Å². The van der Waals surface area contributed by atoms with Crippen LogP contribution in [0, 0.1) is 5.92 Å². The lowest BCUT2D eigenvalue weighted by molar-refractivity contribution is 0.102. The number of hydrogen-bond donors (Lipinski definition) is 1. The Balaban J connectivity index is 1.22. The molecule has 3 aromatic rings. The molecule has 0 bridgehead atoms. The molecule has 37 heavy (non-hydrogen) atoms. The van der Waals surface area contributed by atoms with Gasteiger partial charge in [-0.2, -0.15) is 4.98 Å². The van der Waals surface area contributed by atoms with Gasteiger partial charge >= 0.3 is 0 Å². The Hall–Kier alpha value is -3.09. The molecule has 1 N–H and O–H groups in total. The fourth-order valence-corrected chi connectivity index (χ4v) is 5.86. The molecule has 7 nitrogen and oxygen atoms in total. The van der Waals surface area contributed by atoms with Crippen molar-refractivity contribution < 1.29 is 9.32 Å². The van der Waals surface area contributed by atoms with E-state index < -0.39 is 0 Å². The van der Waals surface area contributed by atoms with E-state index in [1.165, 1.54) is 57.8 Å². The standard InChI is InChI=1S/C30H39N5O2/c1-21-11-6-5-9-14-23(19-21)25-15-10-16-26(32-25)29(36)33-27-18-17-24(20-31-27)28-34-30(37-35-28)22-12-7-3-2-4-8-13-22/h10,15-18,20-23H,2-9,11-14,19H2,1H3,(H,31,33,36). The highest BCUT2D eigenvalue weighted by Crippen LogP contribution is 2.33. The predicted molar refractivity (Wildman–Crippen MR) is 144 cm³/mol. The van der Waals surface area contributed by atoms with Crippen molar-refractivity contribution in [3.05, 3.63) is 53.8 Å². The molecule has 0 saturated heterocycles. The van der Waals surface area contributed by atoms with Gasteiger partial charge in [0.15, 0.2) is 0 Å². The van der Waals surface area contributed by atoms with E-state index in [1.807, 2.05) is 12.1 Å². The molecular formula is C30H39N5O2. The minimum Gasteiger partial charge on any atom is -0.339 e. The van der Waals surface area contributed by atoms with Gasteiger partial charge < -0.3 is 9.84 Å². The van der Waals surface area contributed by atoms with Gasteiger partial charge in [-0.3, -0.25) is 4.79 Å². The number of nitrogens with one attached hydrogen (secondary N) is 1. The summed E-state index contributed by atoms with van der Waals surface area (Å²) in [4.78, 5) is 26.8. The molecule has 3 heterocycles. The van der Waals surface area contributed by atoms with Gasteiger partial charge in [0.25, 0.3) is 5.91 Å². The number of nitrogens with zero attached hydrogens (tertiary/aromatic N) is 4. The monoisotopic (exact) mass is 501 g/mol. The highest BCUT2D eigenvalue weighted by atomic mass is 16.5. The summed E-state index contributed by atoms with van der Waals surface area (Å²) >= 11 is 0. The SMILES string of the molecule is CC1CCCCCC(c2cccc(C(=O)Nc3ccc(-c4noc(C5CCCCCCC5)n4)cn3)n2)C1. The molecule has 7 heteroatoms. The van der Waals surface area contributed by atoms with Gasteiger partial charge in [0, 0.05) is 29.3 Å². The summed E-state index contributed by atoms with van der Waals surface area (Å²) in [7, 11) is 0. The summed E-state index contributed by atoms with van der Waals surface area (Å²) in [5, 5.41) is 7.09. The van der Waals surface area contributed by atoms with Gasteiger partial charge in [-0.15, -0.1) is 0 Å². The number of rotatable bonds is 5. The van der Waals surface area contributed by atoms with Crippen LogP contribution in [0.15, 0.2) is 41.1 Å². The van der Waals surface area contributed by atoms with E-state index in [2.05, 4.69) is 33.4 Å². The first-order valence-corrected chi connectivity index (χ1v) is 14.2. The van der Waals surface area contributed by atoms with E-state index in [0.29, 0.717) is 35.1 Å². The van der Waals surface area contributed by atoms with Crippen LogP contribution in [0.3, 0.4) is 0 Å². The highest BCUT2D eigenvalue weighted by molar-refractivity contribution is 6.02. The minimum absolute atomic E-state index is 0.243. The molecule has 2 aliphatic rings. The van der Waals surface area contributed by atoms with E-state index in [0.717, 1.165) is 42.8 Å². The first-order valence-electron chi connectivity index (χ1n) is 14.2. The van der Waals surface area contributed by atoms with E-state index in [4.69, 9.17) is 9.51 Å². The maximum absolute atomic E-state index is 13.0. The van der Waals surface area contributed by atoms with Crippen LogP contribution in [0.5, 0.6) is 0 Å². The quantitative estimate of drug-likeness (QED) is 0.385. The average Bonchev–Trinajstić information content (AvgIpc) is 3.36. The van der Waals surface area contributed by atoms with E-state index in [1.54, 1.807) is 18.3 Å². The van der Waals surface area contributed by atoms with E-state index >= 15 is 0 Å². The molecule has 0 aromatic carbocycles. The van der Waals surface area contributed by atoms with Crippen molar-refractivity contribution in [3.63, 3.8) is 0 Å². The van der Waals surface area contributed by atoms with Gasteiger partial charge in [-0.1, -0.05) is 75.9 Å². The summed E-state index contributed by atoms with van der Waals surface area (Å²) in [5.41, 5.74) is 2.24. The molecule has 5 rings (SSSR count). The zero-order valence-electron chi connectivity index (χ0n) is 22.0. The van der Waals surface area contributed by atoms with Gasteiger partial charge in [0.1, 0.15) is 11.5 Å². The van der Waals surface area contributed by atoms with Crippen LogP contribution in [-0.2, 0) is 0 Å². The second-order valence-electron chi connectivity index (χ2n) is 11.0. The second kappa shape index (κ2) is 12.4. The molecule has 2 unspecified atom stereocenters. The van der Waals surface area contributed by atoms with E-state index in [-0.39, 0.29) is 5.91 Å². The Kier molecular flexibility index (Phi) is 8.59. The zero-order valence-corrected chi connectivity index (χ0v) is 22.0.